The Labute approximate surface area is 213 Å². The fourth-order valence-electron chi connectivity index (χ4n) is 8.83. The van der Waals surface area contributed by atoms with Crippen LogP contribution in [0.5, 0.6) is 0 Å². The second kappa shape index (κ2) is 9.67. The molecule has 4 heteroatoms. The molecule has 2 unspecified atom stereocenters. The first-order valence-corrected chi connectivity index (χ1v) is 13.6. The molecule has 0 aromatic heterocycles. The molecular formula is C31H44O4. The lowest BCUT2D eigenvalue weighted by Gasteiger charge is -2.60. The van der Waals surface area contributed by atoms with Crippen molar-refractivity contribution >= 4 is 5.97 Å². The summed E-state index contributed by atoms with van der Waals surface area (Å²) in [4.78, 5) is 12.9. The highest BCUT2D eigenvalue weighted by Gasteiger charge is 2.60. The van der Waals surface area contributed by atoms with Gasteiger partial charge in [-0.05, 0) is 97.0 Å². The first-order valence-electron chi connectivity index (χ1n) is 14.1. The van der Waals surface area contributed by atoms with Crippen LogP contribution in [0.25, 0.3) is 0 Å². The Balaban J connectivity index is 1.40. The number of ether oxygens (including phenoxy) is 3. The van der Waals surface area contributed by atoms with Crippen molar-refractivity contribution < 1.29 is 20.4 Å². The zero-order valence-electron chi connectivity index (χ0n) is 23.2. The standard InChI is InChI=1S/C31H44O4/c1-20(19-33-4)24-13-14-25-23-12-11-22-17-27(35-29(32)21-9-7-6-8-10-21)28(34-5)18-31(22,3)26(23)15-16-30(24,25)2/h6-12,20,22-28H,13-19H2,1-5H3/t20?,22-,23-,24+,25-,26-,27+,28?,30+,31-/m0/s1/i22D. The molecule has 192 valence electrons. The van der Waals surface area contributed by atoms with Gasteiger partial charge in [-0.15, -0.1) is 0 Å². The Hall–Kier alpha value is -1.65. The van der Waals surface area contributed by atoms with Crippen molar-refractivity contribution in [3.8, 4) is 0 Å². The van der Waals surface area contributed by atoms with Gasteiger partial charge in [-0.2, -0.15) is 0 Å². The maximum atomic E-state index is 12.9. The number of benzene rings is 1. The maximum Gasteiger partial charge on any atom is 0.338 e. The lowest BCUT2D eigenvalue weighted by Crippen LogP contribution is -2.56. The highest BCUT2D eigenvalue weighted by Crippen LogP contribution is 2.67. The topological polar surface area (TPSA) is 44.8 Å². The Morgan fingerprint density at radius 3 is 2.51 bits per heavy atom. The molecule has 0 saturated heterocycles. The number of methoxy groups -OCH3 is 2. The average Bonchev–Trinajstić information content (AvgIpc) is 3.22. The normalized spacial score (nSPS) is 45.6. The summed E-state index contributed by atoms with van der Waals surface area (Å²) in [6.45, 7) is 8.06. The number of allylic oxidation sites excluding steroid dienone is 2. The summed E-state index contributed by atoms with van der Waals surface area (Å²) in [5, 5.41) is 0. The van der Waals surface area contributed by atoms with Crippen LogP contribution in [0.3, 0.4) is 0 Å². The van der Waals surface area contributed by atoms with Gasteiger partial charge in [0.1, 0.15) is 6.10 Å². The molecule has 3 saturated carbocycles. The number of rotatable bonds is 6. The van der Waals surface area contributed by atoms with Crippen LogP contribution in [-0.4, -0.2) is 39.0 Å². The van der Waals surface area contributed by atoms with Crippen molar-refractivity contribution in [3.05, 3.63) is 48.0 Å². The van der Waals surface area contributed by atoms with Crippen LogP contribution < -0.4 is 0 Å². The molecule has 0 spiro atoms. The summed E-state index contributed by atoms with van der Waals surface area (Å²) in [6.07, 6.45) is 10.1. The van der Waals surface area contributed by atoms with Gasteiger partial charge in [0.2, 0.25) is 0 Å². The largest absolute Gasteiger partial charge is 0.456 e. The Morgan fingerprint density at radius 1 is 1.06 bits per heavy atom. The highest BCUT2D eigenvalue weighted by molar-refractivity contribution is 5.89. The van der Waals surface area contributed by atoms with E-state index < -0.39 is 12.0 Å². The van der Waals surface area contributed by atoms with Gasteiger partial charge in [0.15, 0.2) is 0 Å². The molecule has 4 aliphatic rings. The van der Waals surface area contributed by atoms with Gasteiger partial charge in [0.05, 0.1) is 11.7 Å². The third-order valence-electron chi connectivity index (χ3n) is 10.6. The Morgan fingerprint density at radius 2 is 1.80 bits per heavy atom. The lowest BCUT2D eigenvalue weighted by atomic mass is 9.46. The molecule has 0 N–H and O–H groups in total. The predicted octanol–water partition coefficient (Wildman–Crippen LogP) is 6.55. The molecule has 5 rings (SSSR count). The maximum absolute atomic E-state index is 12.9. The van der Waals surface area contributed by atoms with Crippen molar-refractivity contribution in [3.63, 3.8) is 0 Å². The Kier molecular flexibility index (Phi) is 6.55. The molecule has 0 bridgehead atoms. The number of hydrogen-bond acceptors (Lipinski definition) is 4. The summed E-state index contributed by atoms with van der Waals surface area (Å²) in [7, 11) is 3.54. The van der Waals surface area contributed by atoms with Crippen LogP contribution in [-0.2, 0) is 14.2 Å². The van der Waals surface area contributed by atoms with E-state index in [4.69, 9.17) is 14.2 Å². The molecule has 1 aromatic rings. The van der Waals surface area contributed by atoms with Crippen molar-refractivity contribution in [2.24, 2.45) is 46.3 Å². The summed E-state index contributed by atoms with van der Waals surface area (Å²) in [5.74, 6) is 1.81. The number of fused-ring (bicyclic) bond motifs is 5. The fraction of sp³-hybridized carbons (Fsp3) is 0.710. The van der Waals surface area contributed by atoms with Crippen LogP contribution in [0, 0.1) is 46.3 Å². The van der Waals surface area contributed by atoms with E-state index in [-0.39, 0.29) is 17.5 Å². The van der Waals surface area contributed by atoms with Crippen molar-refractivity contribution in [2.75, 3.05) is 20.8 Å². The first kappa shape index (κ1) is 23.7. The minimum absolute atomic E-state index is 0.195. The molecule has 0 amide bonds. The van der Waals surface area contributed by atoms with Crippen LogP contribution in [0.2, 0.25) is 0 Å². The molecule has 0 radical (unpaired) electrons. The summed E-state index contributed by atoms with van der Waals surface area (Å²) >= 11 is 0. The number of carbonyl (C=O) groups is 1. The smallest absolute Gasteiger partial charge is 0.338 e. The molecule has 4 nitrogen and oxygen atoms in total. The SMILES string of the molecule is [2H][C@@]12C=C[C@H]3[C@@H]4CC[C@H](C(C)COC)[C@@]4(C)CC[C@@H]3[C@@]1(C)CC(OC)[C@H](OC(=O)c1ccccc1)C2. The second-order valence-corrected chi connectivity index (χ2v) is 12.2. The molecule has 35 heavy (non-hydrogen) atoms. The number of hydrogen-bond donors (Lipinski definition) is 0. The van der Waals surface area contributed by atoms with Gasteiger partial charge in [0, 0.05) is 22.2 Å². The molecule has 10 atom stereocenters. The van der Waals surface area contributed by atoms with Crippen LogP contribution in [0.1, 0.15) is 71.0 Å². The summed E-state index contributed by atoms with van der Waals surface area (Å²) < 4.78 is 27.2. The lowest BCUT2D eigenvalue weighted by molar-refractivity contribution is -0.136. The van der Waals surface area contributed by atoms with Crippen molar-refractivity contribution in [1.29, 1.82) is 0 Å². The van der Waals surface area contributed by atoms with Gasteiger partial charge in [0.25, 0.3) is 0 Å². The molecule has 0 aliphatic heterocycles. The summed E-state index contributed by atoms with van der Waals surface area (Å²) in [5.41, 5.74) is 0.676. The fourth-order valence-corrected chi connectivity index (χ4v) is 8.83. The first-order chi connectivity index (χ1) is 17.2. The highest BCUT2D eigenvalue weighted by atomic mass is 16.6. The van der Waals surface area contributed by atoms with E-state index in [2.05, 4.69) is 32.9 Å². The molecule has 3 fully saturated rings. The molecule has 4 aliphatic carbocycles. The van der Waals surface area contributed by atoms with Crippen molar-refractivity contribution in [1.82, 2.24) is 0 Å². The van der Waals surface area contributed by atoms with Gasteiger partial charge in [-0.25, -0.2) is 4.79 Å². The van der Waals surface area contributed by atoms with Gasteiger partial charge < -0.3 is 14.2 Å². The number of esters is 1. The van der Waals surface area contributed by atoms with Crippen LogP contribution in [0.15, 0.2) is 42.5 Å². The zero-order valence-corrected chi connectivity index (χ0v) is 22.2. The quantitative estimate of drug-likeness (QED) is 0.341. The predicted molar refractivity (Wildman–Crippen MR) is 138 cm³/mol. The molecule has 0 heterocycles. The van der Waals surface area contributed by atoms with E-state index in [0.717, 1.165) is 19.4 Å². The molecular weight excluding hydrogens is 436 g/mol. The van der Waals surface area contributed by atoms with E-state index in [1.54, 1.807) is 19.2 Å². The second-order valence-electron chi connectivity index (χ2n) is 12.2. The van der Waals surface area contributed by atoms with Crippen LogP contribution in [0.4, 0.5) is 0 Å². The van der Waals surface area contributed by atoms with E-state index in [0.29, 0.717) is 47.0 Å². The van der Waals surface area contributed by atoms with Crippen LogP contribution >= 0.6 is 0 Å². The number of carbonyl (C=O) groups excluding carboxylic acids is 1. The van der Waals surface area contributed by atoms with E-state index >= 15 is 0 Å². The zero-order chi connectivity index (χ0) is 25.7. The van der Waals surface area contributed by atoms with E-state index in [9.17, 15) is 6.17 Å². The summed E-state index contributed by atoms with van der Waals surface area (Å²) in [6, 6.07) is 9.14. The van der Waals surface area contributed by atoms with E-state index in [1.165, 1.54) is 19.3 Å². The minimum Gasteiger partial charge on any atom is -0.456 e. The Bertz CT molecular complexity index is 980. The van der Waals surface area contributed by atoms with Gasteiger partial charge in [-0.1, -0.05) is 51.1 Å². The van der Waals surface area contributed by atoms with Gasteiger partial charge >= 0.3 is 5.97 Å². The van der Waals surface area contributed by atoms with E-state index in [1.807, 2.05) is 25.3 Å². The molecule has 1 aromatic carbocycles. The monoisotopic (exact) mass is 481 g/mol. The third-order valence-corrected chi connectivity index (χ3v) is 10.6. The van der Waals surface area contributed by atoms with Crippen molar-refractivity contribution in [2.45, 2.75) is 71.5 Å². The third kappa shape index (κ3) is 4.19. The average molecular weight is 482 g/mol. The van der Waals surface area contributed by atoms with Gasteiger partial charge in [-0.3, -0.25) is 0 Å². The minimum atomic E-state index is -0.764.